The van der Waals surface area contributed by atoms with Gasteiger partial charge in [-0.15, -0.1) is 0 Å². The highest BCUT2D eigenvalue weighted by atomic mass is 19.4. The summed E-state index contributed by atoms with van der Waals surface area (Å²) in [5.74, 6) is -144. The molecule has 0 saturated heterocycles. The zero-order valence-corrected chi connectivity index (χ0v) is 27.8. The van der Waals surface area contributed by atoms with Gasteiger partial charge >= 0.3 is 101 Å². The summed E-state index contributed by atoms with van der Waals surface area (Å²) < 4.78 is 451. The first-order valence-electron chi connectivity index (χ1n) is 14.1. The van der Waals surface area contributed by atoms with Crippen molar-refractivity contribution in [1.29, 1.82) is 0 Å². The van der Waals surface area contributed by atoms with Gasteiger partial charge < -0.3 is 9.59 Å². The Hall–Kier alpha value is -2.88. The lowest BCUT2D eigenvalue weighted by molar-refractivity contribution is -0.883. The molecule has 0 atom stereocenters. The average Bonchev–Trinajstić information content (AvgIpc) is 3.00. The summed E-state index contributed by atoms with van der Waals surface area (Å²) in [6.07, 6.45) is -14.1. The molecule has 0 spiro atoms. The molecule has 0 rings (SSSR count). The number of carbonyl (C=O) groups is 1. The Kier molecular flexibility index (Phi) is 14.1. The molecule has 0 aliphatic rings. The van der Waals surface area contributed by atoms with E-state index in [1.807, 2.05) is 0 Å². The molecule has 0 radical (unpaired) electrons. The van der Waals surface area contributed by atoms with Gasteiger partial charge in [0, 0.05) is 6.42 Å². The summed E-state index contributed by atoms with van der Waals surface area (Å²) in [6.45, 7) is -1.67. The molecule has 3 nitrogen and oxygen atoms in total. The van der Waals surface area contributed by atoms with Crippen molar-refractivity contribution in [2.24, 2.45) is 0 Å². The third-order valence-corrected chi connectivity index (χ3v) is 8.01. The lowest BCUT2D eigenvalue weighted by Gasteiger charge is -2.47. The Morgan fingerprint density at radius 3 is 0.750 bits per heavy atom. The zero-order chi connectivity index (χ0) is 49.6. The second-order valence-electron chi connectivity index (χ2n) is 12.9. The third-order valence-electron chi connectivity index (χ3n) is 8.01. The lowest BCUT2D eigenvalue weighted by Crippen LogP contribution is -2.80. The quantitative estimate of drug-likeness (QED) is 0.0707. The molecule has 0 saturated carbocycles. The van der Waals surface area contributed by atoms with Gasteiger partial charge in [0.05, 0.1) is 20.6 Å². The number of halogens is 33. The van der Waals surface area contributed by atoms with Crippen LogP contribution in [0.15, 0.2) is 0 Å². The fraction of sp³-hybridized carbons (Fsp3) is 0.958. The number of hydrogen-bond donors (Lipinski definition) is 1. The van der Waals surface area contributed by atoms with Crippen molar-refractivity contribution in [3.8, 4) is 0 Å². The van der Waals surface area contributed by atoms with Crippen LogP contribution in [-0.2, 0) is 4.79 Å². The number of carboxylic acids is 1. The van der Waals surface area contributed by atoms with Gasteiger partial charge in [-0.3, -0.25) is 0 Å². The van der Waals surface area contributed by atoms with Crippen LogP contribution in [0, 0.1) is 0 Å². The Bertz CT molecular complexity index is 1540. The van der Waals surface area contributed by atoms with Gasteiger partial charge in [0.1, 0.15) is 0 Å². The summed E-state index contributed by atoms with van der Waals surface area (Å²) in [5, 5.41) is 8.64. The van der Waals surface area contributed by atoms with E-state index >= 15 is 0 Å². The third kappa shape index (κ3) is 7.56. The normalized spacial score (nSPS) is 16.7. The summed E-state index contributed by atoms with van der Waals surface area (Å²) in [6, 6.07) is 0. The summed E-state index contributed by atoms with van der Waals surface area (Å²) >= 11 is 0. The van der Waals surface area contributed by atoms with Gasteiger partial charge in [-0.2, -0.15) is 145 Å². The van der Waals surface area contributed by atoms with Crippen molar-refractivity contribution in [3.05, 3.63) is 0 Å². The first-order chi connectivity index (χ1) is 25.4. The number of rotatable bonds is 21. The molecule has 0 aliphatic carbocycles. The van der Waals surface area contributed by atoms with E-state index in [4.69, 9.17) is 5.11 Å². The van der Waals surface area contributed by atoms with Gasteiger partial charge in [-0.25, -0.2) is 4.79 Å². The van der Waals surface area contributed by atoms with Crippen LogP contribution in [-0.4, -0.2) is 138 Å². The summed E-state index contributed by atoms with van der Waals surface area (Å²) in [5.41, 5.74) is 0. The molecule has 0 bridgehead atoms. The van der Waals surface area contributed by atoms with Gasteiger partial charge in [-0.1, -0.05) is 0 Å². The van der Waals surface area contributed by atoms with Gasteiger partial charge in [0.15, 0.2) is 6.54 Å². The van der Waals surface area contributed by atoms with E-state index in [2.05, 4.69) is 0 Å². The molecule has 1 N–H and O–H groups in total. The minimum atomic E-state index is -10.2. The van der Waals surface area contributed by atoms with Crippen molar-refractivity contribution < 1.29 is 159 Å². The van der Waals surface area contributed by atoms with Crippen LogP contribution in [0.5, 0.6) is 0 Å². The Labute approximate surface area is 308 Å². The second kappa shape index (κ2) is 14.9. The Balaban J connectivity index is 7.40. The number of carboxylic acid groups (broad SMARTS) is 1. The number of unbranched alkanes of at least 4 members (excludes halogenated alkanes) is 1. The SMILES string of the molecule is C[N+](C)(CCCCC(F)(F)C(F)(F)C(F)(F)C(F)(F)C(F)(F)C(F)(F)C(F)(F)C(F)(F)C(F)(F)C(F)(F)C(F)(F)C(F)(F)C(F)(F)C(F)(F)C(F)(F)C(F)(F)F)CC(=O)O. The molecule has 0 aromatic carbocycles. The number of aliphatic carboxylic acids is 1. The highest BCUT2D eigenvalue weighted by Gasteiger charge is 3.01. The molecule has 0 aromatic rings. The van der Waals surface area contributed by atoms with Crippen LogP contribution in [0.2, 0.25) is 0 Å². The van der Waals surface area contributed by atoms with E-state index in [-0.39, 0.29) is 0 Å². The molecule has 360 valence electrons. The first-order valence-corrected chi connectivity index (χ1v) is 14.1. The van der Waals surface area contributed by atoms with Crippen molar-refractivity contribution >= 4 is 5.97 Å². The van der Waals surface area contributed by atoms with Crippen LogP contribution < -0.4 is 0 Å². The molecule has 0 fully saturated rings. The van der Waals surface area contributed by atoms with Crippen molar-refractivity contribution in [2.45, 2.75) is 114 Å². The largest absolute Gasteiger partial charge is 0.477 e. The number of hydrogen-bond acceptors (Lipinski definition) is 1. The van der Waals surface area contributed by atoms with Gasteiger partial charge in [0.25, 0.3) is 0 Å². The smallest absolute Gasteiger partial charge is 0.460 e. The molecule has 0 unspecified atom stereocenters. The highest BCUT2D eigenvalue weighted by Crippen LogP contribution is 2.70. The predicted octanol–water partition coefficient (Wildman–Crippen LogP) is 11.4. The summed E-state index contributed by atoms with van der Waals surface area (Å²) in [7, 11) is 1.89. The maximum absolute atomic E-state index is 14.1. The zero-order valence-electron chi connectivity index (χ0n) is 27.8. The lowest BCUT2D eigenvalue weighted by atomic mass is 9.82. The topological polar surface area (TPSA) is 37.3 Å². The minimum Gasteiger partial charge on any atom is -0.477 e. The number of quaternary nitrogens is 1. The average molecular weight is 978 g/mol. The highest BCUT2D eigenvalue weighted by molar-refractivity contribution is 5.67. The van der Waals surface area contributed by atoms with Crippen LogP contribution >= 0.6 is 0 Å². The predicted molar refractivity (Wildman–Crippen MR) is 124 cm³/mol. The van der Waals surface area contributed by atoms with Gasteiger partial charge in [-0.05, 0) is 12.8 Å². The molecular weight excluding hydrogens is 961 g/mol. The molecule has 0 aliphatic heterocycles. The maximum Gasteiger partial charge on any atom is 0.460 e. The minimum absolute atomic E-state index is 0.746. The van der Waals surface area contributed by atoms with Crippen LogP contribution in [0.3, 0.4) is 0 Å². The van der Waals surface area contributed by atoms with E-state index < -0.39 is 138 Å². The monoisotopic (exact) mass is 978 g/mol. The molecule has 60 heavy (non-hydrogen) atoms. The molecular formula is C24H17F33NO2+. The van der Waals surface area contributed by atoms with Crippen LogP contribution in [0.25, 0.3) is 0 Å². The molecule has 0 heterocycles. The van der Waals surface area contributed by atoms with Crippen LogP contribution in [0.1, 0.15) is 19.3 Å². The molecule has 0 aromatic heterocycles. The standard InChI is InChI=1S/C24H16F33NO2/c1-58(2,7-8(59)60)6-4-3-5-9(25,26)10(27,28)11(29,30)12(31,32)13(33,34)14(35,36)15(37,38)16(39,40)17(41,42)18(43,44)19(45,46)20(47,48)21(49,50)22(51,52)23(53,54)24(55,56)57/h3-7H2,1-2H3/p+1. The van der Waals surface area contributed by atoms with E-state index in [9.17, 15) is 150 Å². The maximum atomic E-state index is 14.1. The number of nitrogens with zero attached hydrogens (tertiary/aromatic N) is 1. The molecule has 0 amide bonds. The summed E-state index contributed by atoms with van der Waals surface area (Å²) in [4.78, 5) is 10.7. The van der Waals surface area contributed by atoms with E-state index in [1.54, 1.807) is 0 Å². The van der Waals surface area contributed by atoms with Crippen LogP contribution in [0.4, 0.5) is 145 Å². The Morgan fingerprint density at radius 2 is 0.550 bits per heavy atom. The number of alkyl halides is 33. The Morgan fingerprint density at radius 1 is 0.350 bits per heavy atom. The van der Waals surface area contributed by atoms with Gasteiger partial charge in [0.2, 0.25) is 0 Å². The van der Waals surface area contributed by atoms with E-state index in [1.165, 1.54) is 0 Å². The number of likely N-dealkylation sites (N-methyl/N-ethyl adjacent to an activating group) is 1. The fourth-order valence-corrected chi connectivity index (χ4v) is 4.26. The first kappa shape index (κ1) is 57.1. The van der Waals surface area contributed by atoms with Crippen molar-refractivity contribution in [2.75, 3.05) is 27.2 Å². The van der Waals surface area contributed by atoms with E-state index in [0.29, 0.717) is 0 Å². The second-order valence-corrected chi connectivity index (χ2v) is 12.9. The van der Waals surface area contributed by atoms with Crippen molar-refractivity contribution in [1.82, 2.24) is 0 Å². The van der Waals surface area contributed by atoms with E-state index in [0.717, 1.165) is 14.1 Å². The fourth-order valence-electron chi connectivity index (χ4n) is 4.26. The molecule has 36 heteroatoms. The van der Waals surface area contributed by atoms with Crippen molar-refractivity contribution in [3.63, 3.8) is 0 Å².